The zero-order chi connectivity index (χ0) is 13.6. The second kappa shape index (κ2) is 4.33. The summed E-state index contributed by atoms with van der Waals surface area (Å²) in [5, 5.41) is 8.23. The number of aryl methyl sites for hydroxylation is 3. The van der Waals surface area contributed by atoms with Crippen molar-refractivity contribution < 1.29 is 4.79 Å². The molecule has 0 aromatic carbocycles. The van der Waals surface area contributed by atoms with Crippen molar-refractivity contribution >= 4 is 16.9 Å². The van der Waals surface area contributed by atoms with Gasteiger partial charge in [0.05, 0.1) is 16.6 Å². The van der Waals surface area contributed by atoms with E-state index in [1.165, 1.54) is 12.8 Å². The lowest BCUT2D eigenvalue weighted by Crippen LogP contribution is -2.26. The molecular weight excluding hydrogens is 240 g/mol. The first-order valence-corrected chi connectivity index (χ1v) is 6.65. The van der Waals surface area contributed by atoms with E-state index in [1.54, 1.807) is 4.68 Å². The summed E-state index contributed by atoms with van der Waals surface area (Å²) in [5.74, 6) is 0.663. The average Bonchev–Trinajstić information content (AvgIpc) is 3.14. The van der Waals surface area contributed by atoms with Gasteiger partial charge in [-0.05, 0) is 38.7 Å². The molecule has 0 saturated heterocycles. The first kappa shape index (κ1) is 12.1. The fourth-order valence-electron chi connectivity index (χ4n) is 2.40. The maximum Gasteiger partial charge on any atom is 0.252 e. The van der Waals surface area contributed by atoms with Gasteiger partial charge in [0, 0.05) is 19.3 Å². The Bertz CT molecular complexity index is 655. The van der Waals surface area contributed by atoms with Gasteiger partial charge in [-0.25, -0.2) is 4.98 Å². The van der Waals surface area contributed by atoms with Crippen LogP contribution in [0.1, 0.15) is 34.6 Å². The quantitative estimate of drug-likeness (QED) is 0.912. The average molecular weight is 258 g/mol. The molecule has 1 saturated carbocycles. The zero-order valence-electron chi connectivity index (χ0n) is 11.5. The van der Waals surface area contributed by atoms with Crippen molar-refractivity contribution in [3.8, 4) is 0 Å². The lowest BCUT2D eigenvalue weighted by atomic mass is 10.1. The van der Waals surface area contributed by atoms with Crippen LogP contribution in [0.25, 0.3) is 11.0 Å². The first-order valence-electron chi connectivity index (χ1n) is 6.65. The van der Waals surface area contributed by atoms with Crippen LogP contribution in [0.5, 0.6) is 0 Å². The predicted octanol–water partition coefficient (Wildman–Crippen LogP) is 1.72. The molecule has 1 fully saturated rings. The summed E-state index contributed by atoms with van der Waals surface area (Å²) < 4.78 is 1.73. The minimum absolute atomic E-state index is 0.0153. The van der Waals surface area contributed by atoms with Crippen molar-refractivity contribution in [3.63, 3.8) is 0 Å². The van der Waals surface area contributed by atoms with E-state index in [2.05, 4.69) is 15.4 Å². The highest BCUT2D eigenvalue weighted by molar-refractivity contribution is 6.06. The van der Waals surface area contributed by atoms with Crippen LogP contribution in [0.3, 0.4) is 0 Å². The van der Waals surface area contributed by atoms with E-state index >= 15 is 0 Å². The van der Waals surface area contributed by atoms with Gasteiger partial charge in [0.2, 0.25) is 0 Å². The number of fused-ring (bicyclic) bond motifs is 1. The van der Waals surface area contributed by atoms with Gasteiger partial charge in [0.15, 0.2) is 5.65 Å². The van der Waals surface area contributed by atoms with Crippen LogP contribution in [0.4, 0.5) is 0 Å². The number of nitrogens with zero attached hydrogens (tertiary/aromatic N) is 3. The van der Waals surface area contributed by atoms with Crippen LogP contribution in [0.2, 0.25) is 0 Å². The lowest BCUT2D eigenvalue weighted by Gasteiger charge is -2.07. The molecule has 3 rings (SSSR count). The summed E-state index contributed by atoms with van der Waals surface area (Å²) >= 11 is 0. The number of nitrogens with one attached hydrogen (secondary N) is 1. The van der Waals surface area contributed by atoms with Gasteiger partial charge in [0.25, 0.3) is 5.91 Å². The van der Waals surface area contributed by atoms with Crippen LogP contribution in [0.15, 0.2) is 6.07 Å². The minimum Gasteiger partial charge on any atom is -0.352 e. The third-order valence-electron chi connectivity index (χ3n) is 3.59. The highest BCUT2D eigenvalue weighted by Crippen LogP contribution is 2.28. The van der Waals surface area contributed by atoms with E-state index in [-0.39, 0.29) is 5.91 Å². The molecule has 5 nitrogen and oxygen atoms in total. The fourth-order valence-corrected chi connectivity index (χ4v) is 2.40. The van der Waals surface area contributed by atoms with E-state index in [4.69, 9.17) is 0 Å². The Balaban J connectivity index is 2.02. The van der Waals surface area contributed by atoms with Crippen molar-refractivity contribution in [3.05, 3.63) is 23.0 Å². The standard InChI is InChI=1S/C14H18N4O/c1-8-6-11(14(19)15-7-10-4-5-10)12-9(2)17-18(3)13(12)16-8/h6,10H,4-5,7H2,1-3H3,(H,15,19). The van der Waals surface area contributed by atoms with Crippen LogP contribution in [0, 0.1) is 19.8 Å². The highest BCUT2D eigenvalue weighted by Gasteiger charge is 2.23. The number of pyridine rings is 1. The molecule has 1 aliphatic carbocycles. The number of carbonyl (C=O) groups excluding carboxylic acids is 1. The molecule has 2 aromatic rings. The number of amides is 1. The molecule has 0 radical (unpaired) electrons. The molecule has 0 aliphatic heterocycles. The predicted molar refractivity (Wildman–Crippen MR) is 73.0 cm³/mol. The summed E-state index contributed by atoms with van der Waals surface area (Å²) in [6.45, 7) is 4.59. The Morgan fingerprint density at radius 2 is 2.21 bits per heavy atom. The fraction of sp³-hybridized carbons (Fsp3) is 0.500. The minimum atomic E-state index is -0.0153. The summed E-state index contributed by atoms with van der Waals surface area (Å²) in [6, 6.07) is 1.85. The van der Waals surface area contributed by atoms with Gasteiger partial charge < -0.3 is 5.32 Å². The van der Waals surface area contributed by atoms with Crippen LogP contribution in [-0.4, -0.2) is 27.2 Å². The second-order valence-corrected chi connectivity index (χ2v) is 5.37. The van der Waals surface area contributed by atoms with Crippen LogP contribution >= 0.6 is 0 Å². The van der Waals surface area contributed by atoms with E-state index in [9.17, 15) is 4.79 Å². The van der Waals surface area contributed by atoms with E-state index in [0.717, 1.165) is 29.0 Å². The molecule has 2 aromatic heterocycles. The smallest absolute Gasteiger partial charge is 0.252 e. The van der Waals surface area contributed by atoms with Crippen molar-refractivity contribution in [2.24, 2.45) is 13.0 Å². The molecule has 5 heteroatoms. The Labute approximate surface area is 112 Å². The summed E-state index contributed by atoms with van der Waals surface area (Å²) in [6.07, 6.45) is 2.47. The topological polar surface area (TPSA) is 59.8 Å². The van der Waals surface area contributed by atoms with Gasteiger partial charge in [-0.15, -0.1) is 0 Å². The molecule has 19 heavy (non-hydrogen) atoms. The van der Waals surface area contributed by atoms with Crippen molar-refractivity contribution in [2.45, 2.75) is 26.7 Å². The number of aromatic nitrogens is 3. The summed E-state index contributed by atoms with van der Waals surface area (Å²) in [7, 11) is 1.85. The SMILES string of the molecule is Cc1cc(C(=O)NCC2CC2)c2c(C)nn(C)c2n1. The summed E-state index contributed by atoms with van der Waals surface area (Å²) in [5.41, 5.74) is 3.15. The lowest BCUT2D eigenvalue weighted by molar-refractivity contribution is 0.0953. The second-order valence-electron chi connectivity index (χ2n) is 5.37. The normalized spacial score (nSPS) is 14.9. The largest absolute Gasteiger partial charge is 0.352 e. The van der Waals surface area contributed by atoms with Gasteiger partial charge >= 0.3 is 0 Å². The van der Waals surface area contributed by atoms with E-state index in [1.807, 2.05) is 27.0 Å². The Hall–Kier alpha value is -1.91. The molecule has 0 unspecified atom stereocenters. The zero-order valence-corrected chi connectivity index (χ0v) is 11.5. The number of hydrogen-bond donors (Lipinski definition) is 1. The molecule has 1 amide bonds. The Morgan fingerprint density at radius 3 is 2.89 bits per heavy atom. The molecular formula is C14H18N4O. The molecule has 2 heterocycles. The maximum atomic E-state index is 12.3. The van der Waals surface area contributed by atoms with Gasteiger partial charge in [-0.1, -0.05) is 0 Å². The van der Waals surface area contributed by atoms with Crippen molar-refractivity contribution in [1.29, 1.82) is 0 Å². The summed E-state index contributed by atoms with van der Waals surface area (Å²) in [4.78, 5) is 16.8. The third-order valence-corrected chi connectivity index (χ3v) is 3.59. The molecule has 0 spiro atoms. The first-order chi connectivity index (χ1) is 9.06. The van der Waals surface area contributed by atoms with E-state index < -0.39 is 0 Å². The molecule has 0 bridgehead atoms. The van der Waals surface area contributed by atoms with Gasteiger partial charge in [0.1, 0.15) is 0 Å². The molecule has 1 N–H and O–H groups in total. The number of rotatable bonds is 3. The van der Waals surface area contributed by atoms with Crippen molar-refractivity contribution in [2.75, 3.05) is 6.54 Å². The molecule has 100 valence electrons. The van der Waals surface area contributed by atoms with Gasteiger partial charge in [-0.2, -0.15) is 5.10 Å². The monoisotopic (exact) mass is 258 g/mol. The number of carbonyl (C=O) groups is 1. The Morgan fingerprint density at radius 1 is 1.47 bits per heavy atom. The van der Waals surface area contributed by atoms with E-state index in [0.29, 0.717) is 11.5 Å². The molecule has 0 atom stereocenters. The molecule has 1 aliphatic rings. The third kappa shape index (κ3) is 2.20. The van der Waals surface area contributed by atoms with Crippen LogP contribution in [-0.2, 0) is 7.05 Å². The Kier molecular flexibility index (Phi) is 2.77. The van der Waals surface area contributed by atoms with Crippen LogP contribution < -0.4 is 5.32 Å². The van der Waals surface area contributed by atoms with Gasteiger partial charge in [-0.3, -0.25) is 9.48 Å². The highest BCUT2D eigenvalue weighted by atomic mass is 16.1. The number of hydrogen-bond acceptors (Lipinski definition) is 3. The van der Waals surface area contributed by atoms with Crippen molar-refractivity contribution in [1.82, 2.24) is 20.1 Å². The maximum absolute atomic E-state index is 12.3.